The van der Waals surface area contributed by atoms with Crippen molar-refractivity contribution in [2.24, 2.45) is 0 Å². The quantitative estimate of drug-likeness (QED) is 0.584. The molecule has 1 amide bonds. The van der Waals surface area contributed by atoms with Gasteiger partial charge in [0.25, 0.3) is 0 Å². The summed E-state index contributed by atoms with van der Waals surface area (Å²) in [6.07, 6.45) is 1.01. The first-order chi connectivity index (χ1) is 14.2. The Kier molecular flexibility index (Phi) is 6.26. The summed E-state index contributed by atoms with van der Waals surface area (Å²) in [6.45, 7) is 10.0. The van der Waals surface area contributed by atoms with Gasteiger partial charge >= 0.3 is 11.8 Å². The Morgan fingerprint density at radius 3 is 2.17 bits per heavy atom. The van der Waals surface area contributed by atoms with E-state index in [1.54, 1.807) is 27.0 Å². The Labute approximate surface area is 176 Å². The van der Waals surface area contributed by atoms with E-state index in [0.29, 0.717) is 6.54 Å². The first kappa shape index (κ1) is 21.2. The van der Waals surface area contributed by atoms with Crippen molar-refractivity contribution in [2.45, 2.75) is 39.5 Å². The van der Waals surface area contributed by atoms with E-state index in [1.165, 1.54) is 9.47 Å². The van der Waals surface area contributed by atoms with Crippen molar-refractivity contribution in [1.82, 2.24) is 9.47 Å². The Morgan fingerprint density at radius 2 is 1.60 bits per heavy atom. The number of carbonyl (C=O) groups is 1. The molecular formula is C24H26N2O4. The maximum Gasteiger partial charge on any atom is 0.419 e. The molecule has 1 aromatic heterocycles. The van der Waals surface area contributed by atoms with Crippen LogP contribution in [0.5, 0.6) is 0 Å². The summed E-state index contributed by atoms with van der Waals surface area (Å²) < 4.78 is 12.4. The molecule has 0 atom stereocenters. The molecule has 0 radical (unpaired) electrons. The number of ether oxygens (including phenoxy) is 1. The topological polar surface area (TPSA) is 64.7 Å². The number of benzene rings is 2. The Morgan fingerprint density at radius 1 is 1.03 bits per heavy atom. The van der Waals surface area contributed by atoms with Gasteiger partial charge in [0.05, 0.1) is 25.0 Å². The number of rotatable bonds is 6. The van der Waals surface area contributed by atoms with E-state index in [4.69, 9.17) is 9.15 Å². The summed E-state index contributed by atoms with van der Waals surface area (Å²) in [5, 5.41) is 0. The number of amides is 1. The summed E-state index contributed by atoms with van der Waals surface area (Å²) in [5.74, 6) is -0.295. The largest absolute Gasteiger partial charge is 0.443 e. The van der Waals surface area contributed by atoms with Crippen LogP contribution in [0.15, 0.2) is 82.7 Å². The van der Waals surface area contributed by atoms with Crippen molar-refractivity contribution in [3.63, 3.8) is 0 Å². The third-order valence-corrected chi connectivity index (χ3v) is 4.31. The first-order valence-electron chi connectivity index (χ1n) is 9.71. The maximum absolute atomic E-state index is 12.9. The molecule has 0 saturated carbocycles. The highest BCUT2D eigenvalue weighted by molar-refractivity contribution is 5.80. The van der Waals surface area contributed by atoms with Crippen molar-refractivity contribution in [3.05, 3.63) is 101 Å². The third-order valence-electron chi connectivity index (χ3n) is 4.31. The van der Waals surface area contributed by atoms with Crippen LogP contribution >= 0.6 is 0 Å². The van der Waals surface area contributed by atoms with E-state index < -0.39 is 17.5 Å². The molecule has 30 heavy (non-hydrogen) atoms. The Balaban J connectivity index is 1.87. The number of aromatic nitrogens is 1. The maximum atomic E-state index is 12.9. The molecule has 0 N–H and O–H groups in total. The van der Waals surface area contributed by atoms with Crippen LogP contribution in [0.25, 0.3) is 5.70 Å². The number of carbonyl (C=O) groups excluding carboxylic acids is 1. The van der Waals surface area contributed by atoms with Crippen LogP contribution in [0.2, 0.25) is 0 Å². The summed E-state index contributed by atoms with van der Waals surface area (Å²) in [5.41, 5.74) is 1.45. The minimum Gasteiger partial charge on any atom is -0.443 e. The predicted octanol–water partition coefficient (Wildman–Crippen LogP) is 4.90. The van der Waals surface area contributed by atoms with Crippen LogP contribution in [0.1, 0.15) is 37.7 Å². The Hall–Kier alpha value is -3.54. The van der Waals surface area contributed by atoms with Gasteiger partial charge in [-0.1, -0.05) is 67.2 Å². The summed E-state index contributed by atoms with van der Waals surface area (Å²) in [4.78, 5) is 26.6. The highest BCUT2D eigenvalue weighted by atomic mass is 16.6. The van der Waals surface area contributed by atoms with Crippen molar-refractivity contribution in [3.8, 4) is 0 Å². The summed E-state index contributed by atoms with van der Waals surface area (Å²) >= 11 is 0. The van der Waals surface area contributed by atoms with Gasteiger partial charge in [-0.25, -0.2) is 9.59 Å². The molecule has 0 saturated heterocycles. The lowest BCUT2D eigenvalue weighted by molar-refractivity contribution is 0.0340. The molecule has 2 aromatic carbocycles. The summed E-state index contributed by atoms with van der Waals surface area (Å²) in [6, 6.07) is 19.1. The lowest BCUT2D eigenvalue weighted by Gasteiger charge is -2.27. The van der Waals surface area contributed by atoms with Gasteiger partial charge in [-0.05, 0) is 31.9 Å². The van der Waals surface area contributed by atoms with Gasteiger partial charge in [0, 0.05) is 0 Å². The fourth-order valence-electron chi connectivity index (χ4n) is 2.88. The molecule has 0 unspecified atom stereocenters. The number of hydrogen-bond donors (Lipinski definition) is 0. The molecule has 6 heteroatoms. The van der Waals surface area contributed by atoms with Gasteiger partial charge in [-0.3, -0.25) is 9.47 Å². The molecule has 3 aromatic rings. The zero-order valence-electron chi connectivity index (χ0n) is 17.5. The van der Waals surface area contributed by atoms with Gasteiger partial charge in [-0.2, -0.15) is 0 Å². The molecule has 0 spiro atoms. The predicted molar refractivity (Wildman–Crippen MR) is 116 cm³/mol. The lowest BCUT2D eigenvalue weighted by atomic mass is 10.2. The van der Waals surface area contributed by atoms with Crippen molar-refractivity contribution < 1.29 is 13.9 Å². The normalized spacial score (nSPS) is 11.2. The molecule has 1 heterocycles. The molecule has 0 aliphatic rings. The van der Waals surface area contributed by atoms with Crippen LogP contribution < -0.4 is 5.76 Å². The molecule has 0 aliphatic heterocycles. The van der Waals surface area contributed by atoms with Crippen LogP contribution in [0.4, 0.5) is 4.79 Å². The van der Waals surface area contributed by atoms with Crippen LogP contribution in [0.3, 0.4) is 0 Å². The minimum atomic E-state index is -0.674. The molecule has 6 nitrogen and oxygen atoms in total. The summed E-state index contributed by atoms with van der Waals surface area (Å²) in [7, 11) is 0. The molecular weight excluding hydrogens is 380 g/mol. The number of oxazole rings is 1. The monoisotopic (exact) mass is 406 g/mol. The fraction of sp³-hybridized carbons (Fsp3) is 0.250. The standard InChI is InChI=1S/C24H26N2O4/c1-18(21-17-25(22(27)29-21)15-19-11-7-5-8-12-19)26(23(28)30-24(2,3)4)16-20-13-9-6-10-14-20/h5-14,17H,1,15-16H2,2-4H3. The minimum absolute atomic E-state index is 0.220. The second-order valence-electron chi connectivity index (χ2n) is 7.97. The second kappa shape index (κ2) is 8.86. The van der Waals surface area contributed by atoms with Crippen molar-refractivity contribution in [1.29, 1.82) is 0 Å². The van der Waals surface area contributed by atoms with E-state index in [9.17, 15) is 9.59 Å². The average molecular weight is 406 g/mol. The van der Waals surface area contributed by atoms with Crippen molar-refractivity contribution >= 4 is 11.8 Å². The van der Waals surface area contributed by atoms with E-state index in [2.05, 4.69) is 6.58 Å². The third kappa shape index (κ3) is 5.50. The Bertz CT molecular complexity index is 1060. The fourth-order valence-corrected chi connectivity index (χ4v) is 2.88. The zero-order chi connectivity index (χ0) is 21.7. The van der Waals surface area contributed by atoms with E-state index >= 15 is 0 Å². The zero-order valence-corrected chi connectivity index (χ0v) is 17.5. The highest BCUT2D eigenvalue weighted by Gasteiger charge is 2.27. The molecule has 0 aliphatic carbocycles. The lowest BCUT2D eigenvalue weighted by Crippen LogP contribution is -2.35. The van der Waals surface area contributed by atoms with Crippen molar-refractivity contribution in [2.75, 3.05) is 0 Å². The van der Waals surface area contributed by atoms with Crippen LogP contribution in [-0.4, -0.2) is 21.2 Å². The van der Waals surface area contributed by atoms with E-state index in [-0.39, 0.29) is 18.0 Å². The highest BCUT2D eigenvalue weighted by Crippen LogP contribution is 2.23. The van der Waals surface area contributed by atoms with Crippen LogP contribution in [-0.2, 0) is 17.8 Å². The first-order valence-corrected chi connectivity index (χ1v) is 9.71. The molecule has 3 rings (SSSR count). The van der Waals surface area contributed by atoms with E-state index in [1.807, 2.05) is 60.7 Å². The van der Waals surface area contributed by atoms with Gasteiger partial charge in [0.15, 0.2) is 5.76 Å². The SMILES string of the molecule is C=C(c1cn(Cc2ccccc2)c(=O)o1)N(Cc1ccccc1)C(=O)OC(C)(C)C. The van der Waals surface area contributed by atoms with Gasteiger partial charge in [0.1, 0.15) is 5.60 Å². The van der Waals surface area contributed by atoms with Gasteiger partial charge < -0.3 is 9.15 Å². The molecule has 0 fully saturated rings. The molecule has 0 bridgehead atoms. The molecule has 156 valence electrons. The van der Waals surface area contributed by atoms with Gasteiger partial charge in [0.2, 0.25) is 0 Å². The number of nitrogens with zero attached hydrogens (tertiary/aromatic N) is 2. The average Bonchev–Trinajstić information content (AvgIpc) is 3.06. The van der Waals surface area contributed by atoms with Crippen LogP contribution in [0, 0.1) is 0 Å². The van der Waals surface area contributed by atoms with E-state index in [0.717, 1.165) is 11.1 Å². The second-order valence-corrected chi connectivity index (χ2v) is 7.97. The number of hydrogen-bond acceptors (Lipinski definition) is 4. The smallest absolute Gasteiger partial charge is 0.419 e. The van der Waals surface area contributed by atoms with Gasteiger partial charge in [-0.15, -0.1) is 0 Å².